The van der Waals surface area contributed by atoms with E-state index in [4.69, 9.17) is 16.7 Å². The van der Waals surface area contributed by atoms with Crippen molar-refractivity contribution in [2.24, 2.45) is 0 Å². The molecular weight excluding hydrogens is 216 g/mol. The zero-order valence-corrected chi connectivity index (χ0v) is 9.26. The number of aromatic carboxylic acids is 1. The van der Waals surface area contributed by atoms with Gasteiger partial charge in [-0.15, -0.1) is 0 Å². The Balaban J connectivity index is 3.35. The minimum absolute atomic E-state index is 0.0199. The maximum Gasteiger partial charge on any atom is 0.337 e. The molecule has 4 heteroatoms. The van der Waals surface area contributed by atoms with Crippen molar-refractivity contribution >= 4 is 23.4 Å². The van der Waals surface area contributed by atoms with Gasteiger partial charge in [-0.25, -0.2) is 4.79 Å². The van der Waals surface area contributed by atoms with Crippen LogP contribution < -0.4 is 0 Å². The molecule has 0 amide bonds. The molecule has 0 atom stereocenters. The summed E-state index contributed by atoms with van der Waals surface area (Å²) in [6, 6.07) is 2.93. The smallest absolute Gasteiger partial charge is 0.337 e. The van der Waals surface area contributed by atoms with E-state index in [0.717, 1.165) is 0 Å². The Morgan fingerprint density at radius 2 is 2.00 bits per heavy atom. The van der Waals surface area contributed by atoms with E-state index in [9.17, 15) is 9.59 Å². The molecule has 0 unspecified atom stereocenters. The Morgan fingerprint density at radius 3 is 2.47 bits per heavy atom. The molecule has 1 rings (SSSR count). The van der Waals surface area contributed by atoms with Gasteiger partial charge in [-0.1, -0.05) is 18.5 Å². The van der Waals surface area contributed by atoms with Crippen LogP contribution in [0.15, 0.2) is 12.1 Å². The Kier molecular flexibility index (Phi) is 3.48. The molecule has 0 aliphatic heterocycles. The van der Waals surface area contributed by atoms with E-state index >= 15 is 0 Å². The van der Waals surface area contributed by atoms with Crippen molar-refractivity contribution in [2.75, 3.05) is 0 Å². The predicted molar refractivity (Wildman–Crippen MR) is 57.8 cm³/mol. The van der Waals surface area contributed by atoms with Gasteiger partial charge in [-0.2, -0.15) is 0 Å². The summed E-state index contributed by atoms with van der Waals surface area (Å²) in [5.74, 6) is -1.20. The molecule has 1 aromatic rings. The third-order valence-corrected chi connectivity index (χ3v) is 2.63. The highest BCUT2D eigenvalue weighted by atomic mass is 35.5. The fraction of sp³-hybridized carbons (Fsp3) is 0.273. The van der Waals surface area contributed by atoms with E-state index in [1.54, 1.807) is 19.9 Å². The summed E-state index contributed by atoms with van der Waals surface area (Å²) in [4.78, 5) is 22.3. The maximum absolute atomic E-state index is 11.4. The molecule has 0 radical (unpaired) electrons. The standard InChI is InChI=1S/C11H11ClO3/c1-3-9(13)7-4-6(2)10(12)8(5-7)11(14)15/h4-5H,3H2,1-2H3,(H,14,15). The van der Waals surface area contributed by atoms with Crippen molar-refractivity contribution in [1.29, 1.82) is 0 Å². The number of carbonyl (C=O) groups is 2. The van der Waals surface area contributed by atoms with Crippen LogP contribution in [0.2, 0.25) is 5.02 Å². The van der Waals surface area contributed by atoms with E-state index in [2.05, 4.69) is 0 Å². The first-order chi connectivity index (χ1) is 6.97. The SMILES string of the molecule is CCC(=O)c1cc(C)c(Cl)c(C(=O)O)c1. The molecule has 0 spiro atoms. The van der Waals surface area contributed by atoms with Crippen molar-refractivity contribution < 1.29 is 14.7 Å². The van der Waals surface area contributed by atoms with Crippen LogP contribution >= 0.6 is 11.6 Å². The molecule has 0 fully saturated rings. The molecule has 0 aromatic heterocycles. The molecule has 1 aromatic carbocycles. The van der Waals surface area contributed by atoms with Gasteiger partial charge in [0.1, 0.15) is 0 Å². The van der Waals surface area contributed by atoms with E-state index in [1.165, 1.54) is 6.07 Å². The Morgan fingerprint density at radius 1 is 1.40 bits per heavy atom. The number of halogens is 1. The van der Waals surface area contributed by atoms with Crippen LogP contribution in [0.1, 0.15) is 39.6 Å². The van der Waals surface area contributed by atoms with Crippen LogP contribution in [0.25, 0.3) is 0 Å². The molecule has 15 heavy (non-hydrogen) atoms. The number of hydrogen-bond donors (Lipinski definition) is 1. The van der Waals surface area contributed by atoms with Crippen molar-refractivity contribution in [3.05, 3.63) is 33.8 Å². The number of carbonyl (C=O) groups excluding carboxylic acids is 1. The number of rotatable bonds is 3. The van der Waals surface area contributed by atoms with Gasteiger partial charge in [-0.05, 0) is 24.6 Å². The Bertz CT molecular complexity index is 424. The summed E-state index contributed by atoms with van der Waals surface area (Å²) in [5.41, 5.74) is 0.985. The largest absolute Gasteiger partial charge is 0.478 e. The van der Waals surface area contributed by atoms with Crippen LogP contribution in [0.3, 0.4) is 0 Å². The molecule has 0 saturated heterocycles. The van der Waals surface area contributed by atoms with Crippen LogP contribution in [0.4, 0.5) is 0 Å². The van der Waals surface area contributed by atoms with Crippen molar-refractivity contribution in [3.8, 4) is 0 Å². The molecule has 1 N–H and O–H groups in total. The fourth-order valence-corrected chi connectivity index (χ4v) is 1.48. The quantitative estimate of drug-likeness (QED) is 0.807. The summed E-state index contributed by atoms with van der Waals surface area (Å²) in [6.07, 6.45) is 0.347. The minimum atomic E-state index is -1.12. The lowest BCUT2D eigenvalue weighted by Gasteiger charge is -2.06. The first-order valence-electron chi connectivity index (χ1n) is 4.54. The summed E-state index contributed by atoms with van der Waals surface area (Å²) < 4.78 is 0. The highest BCUT2D eigenvalue weighted by Crippen LogP contribution is 2.23. The summed E-state index contributed by atoms with van der Waals surface area (Å²) in [6.45, 7) is 3.41. The van der Waals surface area contributed by atoms with Crippen LogP contribution in [-0.4, -0.2) is 16.9 Å². The predicted octanol–water partition coefficient (Wildman–Crippen LogP) is 2.94. The number of carboxylic acid groups (broad SMARTS) is 1. The lowest BCUT2D eigenvalue weighted by molar-refractivity contribution is 0.0697. The molecule has 0 saturated carbocycles. The van der Waals surface area contributed by atoms with Crippen LogP contribution in [-0.2, 0) is 0 Å². The van der Waals surface area contributed by atoms with Gasteiger partial charge in [-0.3, -0.25) is 4.79 Å². The lowest BCUT2D eigenvalue weighted by atomic mass is 10.0. The van der Waals surface area contributed by atoms with Crippen molar-refractivity contribution in [1.82, 2.24) is 0 Å². The number of carboxylic acids is 1. The van der Waals surface area contributed by atoms with E-state index in [1.807, 2.05) is 0 Å². The molecule has 80 valence electrons. The average molecular weight is 227 g/mol. The second-order valence-corrected chi connectivity index (χ2v) is 3.61. The molecule has 0 bridgehead atoms. The maximum atomic E-state index is 11.4. The topological polar surface area (TPSA) is 54.4 Å². The van der Waals surface area contributed by atoms with Gasteiger partial charge in [0.2, 0.25) is 0 Å². The summed E-state index contributed by atoms with van der Waals surface area (Å²) in [7, 11) is 0. The summed E-state index contributed by atoms with van der Waals surface area (Å²) in [5, 5.41) is 9.06. The van der Waals surface area contributed by atoms with Gasteiger partial charge in [0, 0.05) is 12.0 Å². The first kappa shape index (κ1) is 11.7. The highest BCUT2D eigenvalue weighted by molar-refractivity contribution is 6.34. The minimum Gasteiger partial charge on any atom is -0.478 e. The van der Waals surface area contributed by atoms with Gasteiger partial charge >= 0.3 is 5.97 Å². The van der Waals surface area contributed by atoms with E-state index in [-0.39, 0.29) is 16.4 Å². The summed E-state index contributed by atoms with van der Waals surface area (Å²) >= 11 is 5.82. The molecule has 0 aliphatic carbocycles. The molecule has 3 nitrogen and oxygen atoms in total. The second-order valence-electron chi connectivity index (χ2n) is 3.24. The number of Topliss-reactive ketones (excluding diaryl/α,β-unsaturated/α-hetero) is 1. The zero-order valence-electron chi connectivity index (χ0n) is 8.50. The molecular formula is C11H11ClO3. The average Bonchev–Trinajstić information content (AvgIpc) is 2.20. The normalized spacial score (nSPS) is 10.1. The number of benzene rings is 1. The first-order valence-corrected chi connectivity index (χ1v) is 4.91. The highest BCUT2D eigenvalue weighted by Gasteiger charge is 2.14. The van der Waals surface area contributed by atoms with Gasteiger partial charge in [0.15, 0.2) is 5.78 Å². The number of hydrogen-bond acceptors (Lipinski definition) is 2. The van der Waals surface area contributed by atoms with E-state index in [0.29, 0.717) is 17.5 Å². The Labute approximate surface area is 92.7 Å². The number of aryl methyl sites for hydroxylation is 1. The number of ketones is 1. The zero-order chi connectivity index (χ0) is 11.6. The van der Waals surface area contributed by atoms with Crippen molar-refractivity contribution in [3.63, 3.8) is 0 Å². The van der Waals surface area contributed by atoms with E-state index < -0.39 is 5.97 Å². The monoisotopic (exact) mass is 226 g/mol. The molecule has 0 heterocycles. The second kappa shape index (κ2) is 4.45. The third-order valence-electron chi connectivity index (χ3n) is 2.13. The van der Waals surface area contributed by atoms with Gasteiger partial charge in [0.05, 0.1) is 10.6 Å². The van der Waals surface area contributed by atoms with Crippen molar-refractivity contribution in [2.45, 2.75) is 20.3 Å². The lowest BCUT2D eigenvalue weighted by Crippen LogP contribution is -2.04. The fourth-order valence-electron chi connectivity index (χ4n) is 1.29. The Hall–Kier alpha value is -1.35. The molecule has 0 aliphatic rings. The van der Waals surface area contributed by atoms with Gasteiger partial charge < -0.3 is 5.11 Å². The van der Waals surface area contributed by atoms with Crippen LogP contribution in [0, 0.1) is 6.92 Å². The third kappa shape index (κ3) is 2.36. The van der Waals surface area contributed by atoms with Gasteiger partial charge in [0.25, 0.3) is 0 Å². The van der Waals surface area contributed by atoms with Crippen LogP contribution in [0.5, 0.6) is 0 Å².